The number of nitrogens with zero attached hydrogens (tertiary/aromatic N) is 3. The van der Waals surface area contributed by atoms with Crippen molar-refractivity contribution in [3.05, 3.63) is 82.9 Å². The third-order valence-corrected chi connectivity index (χ3v) is 7.20. The number of anilines is 1. The van der Waals surface area contributed by atoms with Crippen LogP contribution in [0.25, 0.3) is 21.3 Å². The lowest BCUT2D eigenvalue weighted by molar-refractivity contribution is -0.137. The number of aromatic nitrogens is 1. The van der Waals surface area contributed by atoms with Gasteiger partial charge in [-0.1, -0.05) is 36.4 Å². The second kappa shape index (κ2) is 8.15. The lowest BCUT2D eigenvalue weighted by Crippen LogP contribution is -2.56. The SMILES string of the molecule is N#C[C@H]1[C@H](c2ccc(-c3ccc(C(F)(F)F)cc3)cc2)CN1C(=O)c1sc2ncccc2c1N. The van der Waals surface area contributed by atoms with Crippen molar-refractivity contribution >= 4 is 33.1 Å². The van der Waals surface area contributed by atoms with E-state index in [0.29, 0.717) is 27.5 Å². The van der Waals surface area contributed by atoms with Crippen LogP contribution in [-0.4, -0.2) is 28.4 Å². The first-order chi connectivity index (χ1) is 16.3. The fourth-order valence-electron chi connectivity index (χ4n) is 4.18. The lowest BCUT2D eigenvalue weighted by Gasteiger charge is -2.44. The lowest BCUT2D eigenvalue weighted by atomic mass is 9.82. The number of nitrogens with two attached hydrogens (primary N) is 1. The molecule has 1 fully saturated rings. The molecule has 1 amide bonds. The number of alkyl halides is 3. The van der Waals surface area contributed by atoms with E-state index in [0.717, 1.165) is 28.6 Å². The van der Waals surface area contributed by atoms with Crippen molar-refractivity contribution in [3.8, 4) is 17.2 Å². The van der Waals surface area contributed by atoms with Gasteiger partial charge in [-0.05, 0) is 41.0 Å². The number of hydrogen-bond donors (Lipinski definition) is 1. The van der Waals surface area contributed by atoms with Crippen LogP contribution in [0.3, 0.4) is 0 Å². The molecule has 0 saturated carbocycles. The van der Waals surface area contributed by atoms with Gasteiger partial charge in [0.05, 0.1) is 17.3 Å². The number of hydrogen-bond acceptors (Lipinski definition) is 5. The van der Waals surface area contributed by atoms with E-state index in [-0.39, 0.29) is 11.8 Å². The molecule has 0 spiro atoms. The summed E-state index contributed by atoms with van der Waals surface area (Å²) in [7, 11) is 0. The monoisotopic (exact) mass is 478 g/mol. The van der Waals surface area contributed by atoms with Gasteiger partial charge in [-0.15, -0.1) is 11.3 Å². The zero-order chi connectivity index (χ0) is 24.0. The molecule has 1 saturated heterocycles. The largest absolute Gasteiger partial charge is 0.416 e. The van der Waals surface area contributed by atoms with Gasteiger partial charge in [0.1, 0.15) is 15.7 Å². The summed E-state index contributed by atoms with van der Waals surface area (Å²) in [6, 6.07) is 17.4. The zero-order valence-electron chi connectivity index (χ0n) is 17.6. The molecule has 2 N–H and O–H groups in total. The fourth-order valence-corrected chi connectivity index (χ4v) is 5.20. The Hall–Kier alpha value is -3.90. The number of rotatable bonds is 3. The molecule has 3 heterocycles. The minimum Gasteiger partial charge on any atom is -0.397 e. The Morgan fingerprint density at radius 2 is 1.74 bits per heavy atom. The molecule has 170 valence electrons. The number of halogens is 3. The van der Waals surface area contributed by atoms with Gasteiger partial charge < -0.3 is 10.6 Å². The quantitative estimate of drug-likeness (QED) is 0.410. The third kappa shape index (κ3) is 3.66. The topological polar surface area (TPSA) is 83.0 Å². The number of thiophene rings is 1. The van der Waals surface area contributed by atoms with Crippen molar-refractivity contribution in [3.63, 3.8) is 0 Å². The molecule has 0 aliphatic carbocycles. The van der Waals surface area contributed by atoms with Crippen molar-refractivity contribution in [1.29, 1.82) is 5.26 Å². The van der Waals surface area contributed by atoms with Crippen molar-refractivity contribution in [2.75, 3.05) is 12.3 Å². The Bertz CT molecular complexity index is 1420. The highest BCUT2D eigenvalue weighted by atomic mass is 32.1. The van der Waals surface area contributed by atoms with Crippen LogP contribution in [0.1, 0.15) is 26.7 Å². The Morgan fingerprint density at radius 3 is 2.32 bits per heavy atom. The van der Waals surface area contributed by atoms with Crippen LogP contribution >= 0.6 is 11.3 Å². The normalized spacial score (nSPS) is 17.9. The van der Waals surface area contributed by atoms with Gasteiger partial charge in [0, 0.05) is 24.0 Å². The molecule has 0 unspecified atom stereocenters. The van der Waals surface area contributed by atoms with E-state index >= 15 is 0 Å². The summed E-state index contributed by atoms with van der Waals surface area (Å²) in [5, 5.41) is 10.5. The minimum absolute atomic E-state index is 0.163. The molecular formula is C25H17F3N4OS. The highest BCUT2D eigenvalue weighted by Crippen LogP contribution is 2.40. The number of carbonyl (C=O) groups is 1. The van der Waals surface area contributed by atoms with Gasteiger partial charge in [0.2, 0.25) is 0 Å². The van der Waals surface area contributed by atoms with Crippen LogP contribution in [0.5, 0.6) is 0 Å². The number of pyridine rings is 1. The number of fused-ring (bicyclic) bond motifs is 1. The van der Waals surface area contributed by atoms with Gasteiger partial charge in [-0.3, -0.25) is 4.79 Å². The van der Waals surface area contributed by atoms with Crippen LogP contribution in [0.2, 0.25) is 0 Å². The van der Waals surface area contributed by atoms with Gasteiger partial charge in [0.25, 0.3) is 5.91 Å². The summed E-state index contributed by atoms with van der Waals surface area (Å²) >= 11 is 1.21. The smallest absolute Gasteiger partial charge is 0.397 e. The van der Waals surface area contributed by atoms with E-state index in [1.165, 1.54) is 28.4 Å². The van der Waals surface area contributed by atoms with Gasteiger partial charge >= 0.3 is 6.18 Å². The second-order valence-corrected chi connectivity index (χ2v) is 9.04. The number of benzene rings is 2. The Kier molecular flexibility index (Phi) is 5.25. The summed E-state index contributed by atoms with van der Waals surface area (Å²) in [5.74, 6) is -0.450. The fraction of sp³-hybridized carbons (Fsp3) is 0.160. The molecule has 9 heteroatoms. The second-order valence-electron chi connectivity index (χ2n) is 8.04. The van der Waals surface area contributed by atoms with Crippen molar-refractivity contribution in [2.45, 2.75) is 18.1 Å². The molecule has 4 aromatic rings. The number of nitriles is 1. The average molecular weight is 478 g/mol. The molecule has 2 aromatic carbocycles. The first-order valence-corrected chi connectivity index (χ1v) is 11.2. The Labute approximate surface area is 196 Å². The molecule has 5 nitrogen and oxygen atoms in total. The number of carbonyl (C=O) groups excluding carboxylic acids is 1. The molecule has 34 heavy (non-hydrogen) atoms. The van der Waals surface area contributed by atoms with Crippen LogP contribution in [0.15, 0.2) is 66.9 Å². The minimum atomic E-state index is -4.38. The molecular weight excluding hydrogens is 461 g/mol. The van der Waals surface area contributed by atoms with Crippen LogP contribution in [0, 0.1) is 11.3 Å². The summed E-state index contributed by atoms with van der Waals surface area (Å²) in [4.78, 5) is 19.9. The van der Waals surface area contributed by atoms with E-state index in [2.05, 4.69) is 11.1 Å². The van der Waals surface area contributed by atoms with Crippen molar-refractivity contribution in [2.24, 2.45) is 0 Å². The predicted octanol–water partition coefficient (Wildman–Crippen LogP) is 5.70. The number of likely N-dealkylation sites (tertiary alicyclic amines) is 1. The Balaban J connectivity index is 1.33. The third-order valence-electron chi connectivity index (χ3n) is 6.09. The summed E-state index contributed by atoms with van der Waals surface area (Å²) in [5.41, 5.74) is 8.17. The van der Waals surface area contributed by atoms with E-state index in [4.69, 9.17) is 5.73 Å². The first kappa shape index (κ1) is 21.9. The van der Waals surface area contributed by atoms with Crippen molar-refractivity contribution < 1.29 is 18.0 Å². The van der Waals surface area contributed by atoms with E-state index < -0.39 is 17.8 Å². The molecule has 2 aromatic heterocycles. The standard InChI is InChI=1S/C25H17F3N4OS/c26-25(27,28)17-9-7-15(8-10-17)14-3-5-16(6-4-14)19-13-32(20(19)12-29)24(33)22-21(30)18-2-1-11-31-23(18)34-22/h1-11,19-20H,13,30H2/t19-,20-/m0/s1. The van der Waals surface area contributed by atoms with Crippen molar-refractivity contribution in [1.82, 2.24) is 9.88 Å². The number of amides is 1. The molecule has 5 rings (SSSR count). The van der Waals surface area contributed by atoms with Crippen LogP contribution in [-0.2, 0) is 6.18 Å². The zero-order valence-corrected chi connectivity index (χ0v) is 18.4. The summed E-state index contributed by atoms with van der Waals surface area (Å²) in [6.07, 6.45) is -2.74. The molecule has 2 atom stereocenters. The van der Waals surface area contributed by atoms with E-state index in [1.54, 1.807) is 12.3 Å². The highest BCUT2D eigenvalue weighted by molar-refractivity contribution is 7.21. The van der Waals surface area contributed by atoms with Gasteiger partial charge in [-0.2, -0.15) is 18.4 Å². The molecule has 1 aliphatic rings. The highest BCUT2D eigenvalue weighted by Gasteiger charge is 2.44. The average Bonchev–Trinajstić information content (AvgIpc) is 3.15. The maximum absolute atomic E-state index is 13.1. The number of nitrogen functional groups attached to an aromatic ring is 1. The first-order valence-electron chi connectivity index (χ1n) is 10.4. The molecule has 0 radical (unpaired) electrons. The van der Waals surface area contributed by atoms with Crippen LogP contribution in [0.4, 0.5) is 18.9 Å². The maximum atomic E-state index is 13.1. The van der Waals surface area contributed by atoms with E-state index in [1.807, 2.05) is 30.3 Å². The Morgan fingerprint density at radius 1 is 1.09 bits per heavy atom. The maximum Gasteiger partial charge on any atom is 0.416 e. The summed E-state index contributed by atoms with van der Waals surface area (Å²) in [6.45, 7) is 0.373. The van der Waals surface area contributed by atoms with Crippen LogP contribution < -0.4 is 5.73 Å². The summed E-state index contributed by atoms with van der Waals surface area (Å²) < 4.78 is 38.4. The van der Waals surface area contributed by atoms with Gasteiger partial charge in [0.15, 0.2) is 0 Å². The van der Waals surface area contributed by atoms with E-state index in [9.17, 15) is 23.2 Å². The molecule has 0 bridgehead atoms. The molecule has 1 aliphatic heterocycles. The predicted molar refractivity (Wildman–Crippen MR) is 124 cm³/mol. The van der Waals surface area contributed by atoms with Gasteiger partial charge in [-0.25, -0.2) is 4.98 Å².